The molecule has 7 heteroatoms. The summed E-state index contributed by atoms with van der Waals surface area (Å²) in [5.74, 6) is 5.01. The summed E-state index contributed by atoms with van der Waals surface area (Å²) in [7, 11) is 0. The van der Waals surface area contributed by atoms with Gasteiger partial charge in [-0.05, 0) is 6.07 Å². The lowest BCUT2D eigenvalue weighted by Gasteiger charge is -1.94. The number of nitrogens with one attached hydrogen (secondary N) is 1. The molecule has 2 aromatic rings. The Hall–Kier alpha value is -2.15. The van der Waals surface area contributed by atoms with E-state index in [-0.39, 0.29) is 5.69 Å². The van der Waals surface area contributed by atoms with Crippen molar-refractivity contribution in [3.05, 3.63) is 36.0 Å². The zero-order chi connectivity index (χ0) is 10.7. The van der Waals surface area contributed by atoms with E-state index < -0.39 is 5.91 Å². The second-order valence-electron chi connectivity index (χ2n) is 2.86. The van der Waals surface area contributed by atoms with Crippen LogP contribution in [0.3, 0.4) is 0 Å². The van der Waals surface area contributed by atoms with Crippen molar-refractivity contribution in [2.24, 2.45) is 5.84 Å². The molecular weight excluding hydrogens is 198 g/mol. The molecule has 0 fully saturated rings. The van der Waals surface area contributed by atoms with Crippen LogP contribution in [-0.4, -0.2) is 20.8 Å². The van der Waals surface area contributed by atoms with Crippen molar-refractivity contribution in [3.63, 3.8) is 0 Å². The fourth-order valence-electron chi connectivity index (χ4n) is 1.12. The minimum Gasteiger partial charge on any atom is -0.359 e. The first-order valence-corrected chi connectivity index (χ1v) is 4.23. The van der Waals surface area contributed by atoms with Crippen LogP contribution in [0.25, 0.3) is 0 Å². The molecule has 15 heavy (non-hydrogen) atoms. The maximum absolute atomic E-state index is 11.0. The molecule has 2 rings (SSSR count). The number of hydrogen-bond donors (Lipinski definition) is 2. The van der Waals surface area contributed by atoms with Gasteiger partial charge in [-0.25, -0.2) is 5.84 Å². The Balaban J connectivity index is 2.11. The molecule has 0 aliphatic carbocycles. The van der Waals surface area contributed by atoms with E-state index >= 15 is 0 Å². The van der Waals surface area contributed by atoms with E-state index in [1.54, 1.807) is 23.1 Å². The first kappa shape index (κ1) is 9.41. The summed E-state index contributed by atoms with van der Waals surface area (Å²) >= 11 is 0. The van der Waals surface area contributed by atoms with Crippen molar-refractivity contribution in [1.29, 1.82) is 0 Å². The number of aromatic nitrogens is 3. The van der Waals surface area contributed by atoms with Crippen molar-refractivity contribution in [2.45, 2.75) is 6.54 Å². The monoisotopic (exact) mass is 207 g/mol. The van der Waals surface area contributed by atoms with Gasteiger partial charge in [0, 0.05) is 18.5 Å². The Morgan fingerprint density at radius 3 is 3.20 bits per heavy atom. The predicted octanol–water partition coefficient (Wildman–Crippen LogP) is -0.477. The van der Waals surface area contributed by atoms with E-state index in [0.717, 1.165) is 0 Å². The molecule has 0 radical (unpaired) electrons. The number of rotatable bonds is 3. The number of carbonyl (C=O) groups is 1. The van der Waals surface area contributed by atoms with Gasteiger partial charge in [-0.2, -0.15) is 5.10 Å². The Kier molecular flexibility index (Phi) is 2.46. The highest BCUT2D eigenvalue weighted by Gasteiger charge is 2.11. The molecule has 7 nitrogen and oxygen atoms in total. The molecule has 0 aliphatic rings. The first-order valence-electron chi connectivity index (χ1n) is 4.23. The molecule has 0 bridgehead atoms. The summed E-state index contributed by atoms with van der Waals surface area (Å²) < 4.78 is 6.59. The Morgan fingerprint density at radius 2 is 2.53 bits per heavy atom. The normalized spacial score (nSPS) is 10.2. The third-order valence-electron chi connectivity index (χ3n) is 1.80. The van der Waals surface area contributed by atoms with Crippen LogP contribution in [-0.2, 0) is 6.54 Å². The molecular formula is C8H9N5O2. The lowest BCUT2D eigenvalue weighted by molar-refractivity contribution is 0.0944. The van der Waals surface area contributed by atoms with E-state index in [9.17, 15) is 4.79 Å². The lowest BCUT2D eigenvalue weighted by atomic mass is 10.3. The van der Waals surface area contributed by atoms with Crippen LogP contribution in [0.4, 0.5) is 0 Å². The van der Waals surface area contributed by atoms with Gasteiger partial charge in [-0.3, -0.25) is 14.9 Å². The molecule has 0 spiro atoms. The van der Waals surface area contributed by atoms with Gasteiger partial charge >= 0.3 is 0 Å². The Bertz CT molecular complexity index is 447. The summed E-state index contributed by atoms with van der Waals surface area (Å²) in [4.78, 5) is 11.0. The number of hydrazine groups is 1. The van der Waals surface area contributed by atoms with E-state index in [1.165, 1.54) is 6.07 Å². The molecule has 78 valence electrons. The van der Waals surface area contributed by atoms with Crippen molar-refractivity contribution < 1.29 is 9.32 Å². The number of nitrogen functional groups attached to an aromatic ring is 1. The second-order valence-corrected chi connectivity index (χ2v) is 2.86. The number of nitrogens with zero attached hydrogens (tertiary/aromatic N) is 3. The maximum atomic E-state index is 11.0. The van der Waals surface area contributed by atoms with E-state index in [0.29, 0.717) is 12.3 Å². The minimum atomic E-state index is -0.481. The molecule has 1 amide bonds. The third kappa shape index (κ3) is 2.02. The van der Waals surface area contributed by atoms with E-state index in [4.69, 9.17) is 10.4 Å². The van der Waals surface area contributed by atoms with Crippen molar-refractivity contribution in [3.8, 4) is 0 Å². The van der Waals surface area contributed by atoms with Crippen LogP contribution in [0.2, 0.25) is 0 Å². The Labute approximate surface area is 84.8 Å². The standard InChI is InChI=1S/C8H9N5O2/c9-11-8(14)7-4-6(15-12-7)5-13-3-1-2-10-13/h1-4H,5,9H2,(H,11,14). The highest BCUT2D eigenvalue weighted by Crippen LogP contribution is 2.04. The number of amides is 1. The zero-order valence-corrected chi connectivity index (χ0v) is 7.75. The maximum Gasteiger partial charge on any atom is 0.287 e. The summed E-state index contributed by atoms with van der Waals surface area (Å²) in [5.41, 5.74) is 2.12. The van der Waals surface area contributed by atoms with Gasteiger partial charge in [0.05, 0.1) is 0 Å². The summed E-state index contributed by atoms with van der Waals surface area (Å²) in [6.45, 7) is 0.428. The molecule has 0 unspecified atom stereocenters. The highest BCUT2D eigenvalue weighted by molar-refractivity contribution is 5.91. The first-order chi connectivity index (χ1) is 7.29. The van der Waals surface area contributed by atoms with Gasteiger partial charge in [0.1, 0.15) is 6.54 Å². The summed E-state index contributed by atoms with van der Waals surface area (Å²) in [6.07, 6.45) is 3.44. The zero-order valence-electron chi connectivity index (χ0n) is 7.75. The van der Waals surface area contributed by atoms with Crippen LogP contribution in [0.15, 0.2) is 29.0 Å². The Morgan fingerprint density at radius 1 is 1.67 bits per heavy atom. The molecule has 0 aromatic carbocycles. The SMILES string of the molecule is NNC(=O)c1cc(Cn2cccn2)on1. The quantitative estimate of drug-likeness (QED) is 0.402. The number of nitrogens with two attached hydrogens (primary N) is 1. The molecule has 0 saturated heterocycles. The fraction of sp³-hybridized carbons (Fsp3) is 0.125. The molecule has 0 atom stereocenters. The smallest absolute Gasteiger partial charge is 0.287 e. The van der Waals surface area contributed by atoms with Gasteiger partial charge in [0.25, 0.3) is 5.91 Å². The highest BCUT2D eigenvalue weighted by atomic mass is 16.5. The van der Waals surface area contributed by atoms with Crippen LogP contribution in [0.5, 0.6) is 0 Å². The van der Waals surface area contributed by atoms with Crippen LogP contribution < -0.4 is 11.3 Å². The van der Waals surface area contributed by atoms with E-state index in [1.807, 2.05) is 5.43 Å². The van der Waals surface area contributed by atoms with Crippen LogP contribution in [0, 0.1) is 0 Å². The molecule has 2 heterocycles. The fourth-order valence-corrected chi connectivity index (χ4v) is 1.12. The van der Waals surface area contributed by atoms with Gasteiger partial charge in [-0.15, -0.1) is 0 Å². The minimum absolute atomic E-state index is 0.152. The average Bonchev–Trinajstić information content (AvgIpc) is 2.88. The lowest BCUT2D eigenvalue weighted by Crippen LogP contribution is -2.30. The van der Waals surface area contributed by atoms with Gasteiger partial charge in [-0.1, -0.05) is 5.16 Å². The van der Waals surface area contributed by atoms with Gasteiger partial charge in [0.2, 0.25) is 0 Å². The topological polar surface area (TPSA) is 99.0 Å². The second kappa shape index (κ2) is 3.93. The average molecular weight is 207 g/mol. The molecule has 0 aliphatic heterocycles. The van der Waals surface area contributed by atoms with Crippen LogP contribution in [0.1, 0.15) is 16.2 Å². The number of carbonyl (C=O) groups excluding carboxylic acids is 1. The summed E-state index contributed by atoms with van der Waals surface area (Å²) in [5, 5.41) is 7.55. The molecule has 0 saturated carbocycles. The predicted molar refractivity (Wildman–Crippen MR) is 49.5 cm³/mol. The van der Waals surface area contributed by atoms with Crippen molar-refractivity contribution in [1.82, 2.24) is 20.4 Å². The van der Waals surface area contributed by atoms with Crippen molar-refractivity contribution >= 4 is 5.91 Å². The summed E-state index contributed by atoms with van der Waals surface area (Å²) in [6, 6.07) is 3.31. The molecule has 2 aromatic heterocycles. The van der Waals surface area contributed by atoms with Gasteiger partial charge < -0.3 is 4.52 Å². The van der Waals surface area contributed by atoms with Crippen LogP contribution >= 0.6 is 0 Å². The van der Waals surface area contributed by atoms with Crippen molar-refractivity contribution in [2.75, 3.05) is 0 Å². The van der Waals surface area contributed by atoms with Gasteiger partial charge in [0.15, 0.2) is 11.5 Å². The third-order valence-corrected chi connectivity index (χ3v) is 1.80. The molecule has 3 N–H and O–H groups in total. The number of hydrogen-bond acceptors (Lipinski definition) is 5. The van der Waals surface area contributed by atoms with E-state index in [2.05, 4.69) is 10.3 Å². The largest absolute Gasteiger partial charge is 0.359 e.